The Kier molecular flexibility index (Phi) is 6.40. The van der Waals surface area contributed by atoms with Crippen LogP contribution in [0.15, 0.2) is 54.6 Å². The first-order chi connectivity index (χ1) is 12.4. The number of aliphatic hydroxyl groups excluding tert-OH is 1. The highest BCUT2D eigenvalue weighted by atomic mass is 16.6. The smallest absolute Gasteiger partial charge is 0.331 e. The lowest BCUT2D eigenvalue weighted by molar-refractivity contribution is -0.385. The van der Waals surface area contributed by atoms with E-state index in [1.807, 2.05) is 0 Å². The van der Waals surface area contributed by atoms with Gasteiger partial charge in [0.05, 0.1) is 11.5 Å². The molecule has 0 aliphatic heterocycles. The van der Waals surface area contributed by atoms with Crippen LogP contribution in [0.5, 0.6) is 0 Å². The zero-order chi connectivity index (χ0) is 19.1. The maximum absolute atomic E-state index is 12.3. The summed E-state index contributed by atoms with van der Waals surface area (Å²) in [7, 11) is 0. The van der Waals surface area contributed by atoms with Crippen LogP contribution < -0.4 is 5.32 Å². The number of hydrogen-bond donors (Lipinski definition) is 2. The highest BCUT2D eigenvalue weighted by Gasteiger charge is 2.32. The van der Waals surface area contributed by atoms with E-state index in [0.29, 0.717) is 5.56 Å². The van der Waals surface area contributed by atoms with E-state index in [2.05, 4.69) is 5.32 Å². The van der Waals surface area contributed by atoms with Crippen LogP contribution in [0.2, 0.25) is 0 Å². The van der Waals surface area contributed by atoms with Crippen LogP contribution in [0.25, 0.3) is 0 Å². The number of nitrogens with zero attached hydrogens (tertiary/aromatic N) is 1. The minimum Gasteiger partial charge on any atom is -0.464 e. The number of carbonyl (C=O) groups excluding carboxylic acids is 2. The zero-order valence-corrected chi connectivity index (χ0v) is 14.0. The summed E-state index contributed by atoms with van der Waals surface area (Å²) in [6.45, 7) is 1.64. The number of aliphatic hydroxyl groups is 1. The van der Waals surface area contributed by atoms with Crippen molar-refractivity contribution in [3.63, 3.8) is 0 Å². The predicted octanol–water partition coefficient (Wildman–Crippen LogP) is 1.99. The quantitative estimate of drug-likeness (QED) is 0.444. The van der Waals surface area contributed by atoms with Gasteiger partial charge in [-0.05, 0) is 24.6 Å². The highest BCUT2D eigenvalue weighted by Crippen LogP contribution is 2.23. The van der Waals surface area contributed by atoms with E-state index in [4.69, 9.17) is 4.74 Å². The average molecular weight is 358 g/mol. The summed E-state index contributed by atoms with van der Waals surface area (Å²) in [6.07, 6.45) is -1.51. The van der Waals surface area contributed by atoms with Gasteiger partial charge in [-0.25, -0.2) is 4.79 Å². The van der Waals surface area contributed by atoms with Crippen molar-refractivity contribution in [1.82, 2.24) is 5.32 Å². The zero-order valence-electron chi connectivity index (χ0n) is 14.0. The Balaban J connectivity index is 2.29. The van der Waals surface area contributed by atoms with Gasteiger partial charge in [-0.15, -0.1) is 0 Å². The van der Waals surface area contributed by atoms with E-state index >= 15 is 0 Å². The summed E-state index contributed by atoms with van der Waals surface area (Å²) in [5.41, 5.74) is 0.178. The predicted molar refractivity (Wildman–Crippen MR) is 92.4 cm³/mol. The fourth-order valence-corrected chi connectivity index (χ4v) is 2.33. The normalized spacial score (nSPS) is 12.7. The monoisotopic (exact) mass is 358 g/mol. The van der Waals surface area contributed by atoms with E-state index in [1.54, 1.807) is 37.3 Å². The van der Waals surface area contributed by atoms with Crippen molar-refractivity contribution in [2.24, 2.45) is 0 Å². The molecule has 2 aromatic rings. The van der Waals surface area contributed by atoms with Crippen molar-refractivity contribution in [2.75, 3.05) is 6.61 Å². The van der Waals surface area contributed by atoms with Gasteiger partial charge in [0.25, 0.3) is 11.6 Å². The average Bonchev–Trinajstić information content (AvgIpc) is 2.66. The number of non-ortho nitro benzene ring substituents is 1. The van der Waals surface area contributed by atoms with Gasteiger partial charge in [0.1, 0.15) is 6.10 Å². The van der Waals surface area contributed by atoms with Gasteiger partial charge < -0.3 is 15.2 Å². The first-order valence-electron chi connectivity index (χ1n) is 7.89. The molecule has 0 saturated carbocycles. The van der Waals surface area contributed by atoms with Gasteiger partial charge in [-0.3, -0.25) is 14.9 Å². The summed E-state index contributed by atoms with van der Waals surface area (Å²) in [4.78, 5) is 34.8. The summed E-state index contributed by atoms with van der Waals surface area (Å²) in [5.74, 6) is -1.41. The first kappa shape index (κ1) is 19.1. The maximum Gasteiger partial charge on any atom is 0.331 e. The third-order valence-corrected chi connectivity index (χ3v) is 3.60. The summed E-state index contributed by atoms with van der Waals surface area (Å²) in [6, 6.07) is 12.0. The molecule has 136 valence electrons. The second-order valence-electron chi connectivity index (χ2n) is 5.37. The number of ether oxygens (including phenoxy) is 1. The van der Waals surface area contributed by atoms with Crippen LogP contribution in [0.4, 0.5) is 5.69 Å². The first-order valence-corrected chi connectivity index (χ1v) is 7.89. The molecule has 26 heavy (non-hydrogen) atoms. The molecule has 2 rings (SSSR count). The van der Waals surface area contributed by atoms with Crippen molar-refractivity contribution in [3.8, 4) is 0 Å². The number of carbonyl (C=O) groups is 2. The SMILES string of the molecule is CCOC(=O)C(NC(=O)c1ccccc1)C(O)c1cccc([N+](=O)[O-])c1. The number of benzene rings is 2. The molecule has 0 spiro atoms. The molecule has 2 aromatic carbocycles. The number of nitro groups is 1. The van der Waals surface area contributed by atoms with Crippen LogP contribution in [0, 0.1) is 10.1 Å². The molecule has 0 bridgehead atoms. The number of nitrogens with one attached hydrogen (secondary N) is 1. The van der Waals surface area contributed by atoms with Gasteiger partial charge in [-0.2, -0.15) is 0 Å². The number of hydrogen-bond acceptors (Lipinski definition) is 6. The molecule has 8 heteroatoms. The maximum atomic E-state index is 12.3. The number of nitro benzene ring substituents is 1. The summed E-state index contributed by atoms with van der Waals surface area (Å²) < 4.78 is 4.91. The van der Waals surface area contributed by atoms with Gasteiger partial charge >= 0.3 is 5.97 Å². The van der Waals surface area contributed by atoms with Crippen LogP contribution >= 0.6 is 0 Å². The second kappa shape index (κ2) is 8.72. The summed E-state index contributed by atoms with van der Waals surface area (Å²) in [5, 5.41) is 23.9. The highest BCUT2D eigenvalue weighted by molar-refractivity contribution is 5.96. The van der Waals surface area contributed by atoms with Crippen LogP contribution in [0.1, 0.15) is 28.9 Å². The Hall–Kier alpha value is -3.26. The molecule has 2 atom stereocenters. The molecule has 0 fully saturated rings. The molecule has 0 heterocycles. The van der Waals surface area contributed by atoms with Crippen molar-refractivity contribution in [1.29, 1.82) is 0 Å². The fourth-order valence-electron chi connectivity index (χ4n) is 2.33. The Morgan fingerprint density at radius 1 is 1.19 bits per heavy atom. The minimum atomic E-state index is -1.51. The van der Waals surface area contributed by atoms with Crippen molar-refractivity contribution >= 4 is 17.6 Å². The lowest BCUT2D eigenvalue weighted by Gasteiger charge is -2.22. The second-order valence-corrected chi connectivity index (χ2v) is 5.37. The molecule has 2 N–H and O–H groups in total. The Morgan fingerprint density at radius 2 is 1.88 bits per heavy atom. The third-order valence-electron chi connectivity index (χ3n) is 3.60. The van der Waals surface area contributed by atoms with Gasteiger partial charge in [0, 0.05) is 17.7 Å². The summed E-state index contributed by atoms with van der Waals surface area (Å²) >= 11 is 0. The molecule has 0 radical (unpaired) electrons. The molecule has 2 unspecified atom stereocenters. The largest absolute Gasteiger partial charge is 0.464 e. The lowest BCUT2D eigenvalue weighted by atomic mass is 10.0. The van der Waals surface area contributed by atoms with E-state index in [9.17, 15) is 24.8 Å². The molecule has 0 aliphatic carbocycles. The van der Waals surface area contributed by atoms with Crippen LogP contribution in [-0.4, -0.2) is 34.6 Å². The van der Waals surface area contributed by atoms with Gasteiger partial charge in [0.2, 0.25) is 0 Å². The molecule has 0 saturated heterocycles. The molecular formula is C18H18N2O6. The topological polar surface area (TPSA) is 119 Å². The van der Waals surface area contributed by atoms with Gasteiger partial charge in [0.15, 0.2) is 6.04 Å². The lowest BCUT2D eigenvalue weighted by Crippen LogP contribution is -2.46. The van der Waals surface area contributed by atoms with E-state index in [0.717, 1.165) is 6.07 Å². The van der Waals surface area contributed by atoms with Crippen LogP contribution in [-0.2, 0) is 9.53 Å². The number of esters is 1. The minimum absolute atomic E-state index is 0.0538. The Morgan fingerprint density at radius 3 is 2.50 bits per heavy atom. The Labute approximate surface area is 149 Å². The molecular weight excluding hydrogens is 340 g/mol. The van der Waals surface area contributed by atoms with Crippen molar-refractivity contribution < 1.29 is 24.4 Å². The number of amides is 1. The van der Waals surface area contributed by atoms with Crippen LogP contribution in [0.3, 0.4) is 0 Å². The van der Waals surface area contributed by atoms with Crippen molar-refractivity contribution in [2.45, 2.75) is 19.1 Å². The standard InChI is InChI=1S/C18H18N2O6/c1-2-26-18(23)15(19-17(22)12-7-4-3-5-8-12)16(21)13-9-6-10-14(11-13)20(24)25/h3-11,15-16,21H,2H2,1H3,(H,19,22). The third kappa shape index (κ3) is 4.64. The van der Waals surface area contributed by atoms with E-state index in [-0.39, 0.29) is 17.9 Å². The van der Waals surface area contributed by atoms with E-state index < -0.39 is 28.9 Å². The van der Waals surface area contributed by atoms with Crippen molar-refractivity contribution in [3.05, 3.63) is 75.8 Å². The van der Waals surface area contributed by atoms with E-state index in [1.165, 1.54) is 18.2 Å². The molecule has 0 aliphatic rings. The molecule has 0 aromatic heterocycles. The fraction of sp³-hybridized carbons (Fsp3) is 0.222. The Bertz CT molecular complexity index is 793. The molecule has 1 amide bonds. The number of rotatable bonds is 7. The molecule has 8 nitrogen and oxygen atoms in total. The van der Waals surface area contributed by atoms with Gasteiger partial charge in [-0.1, -0.05) is 30.3 Å².